The van der Waals surface area contributed by atoms with Crippen LogP contribution < -0.4 is 5.32 Å². The van der Waals surface area contributed by atoms with Crippen molar-refractivity contribution in [3.05, 3.63) is 96.1 Å². The minimum atomic E-state index is 0.0380. The van der Waals surface area contributed by atoms with E-state index in [2.05, 4.69) is 89.2 Å². The molecule has 30 heavy (non-hydrogen) atoms. The maximum atomic E-state index is 11.7. The first-order valence-corrected chi connectivity index (χ1v) is 11.6. The SMILES string of the molecule is O=C(CCC/C=C\C/C=C\C/C=C\C/C=C\CCc1ccccc1)Nc1nccs1. The van der Waals surface area contributed by atoms with Gasteiger partial charge in [-0.05, 0) is 50.5 Å². The fourth-order valence-corrected chi connectivity index (χ4v) is 3.34. The Morgan fingerprint density at radius 2 is 1.50 bits per heavy atom. The van der Waals surface area contributed by atoms with Crippen LogP contribution in [-0.4, -0.2) is 10.9 Å². The van der Waals surface area contributed by atoms with Crippen LogP contribution in [0.3, 0.4) is 0 Å². The molecule has 2 aromatic rings. The summed E-state index contributed by atoms with van der Waals surface area (Å²) in [4.78, 5) is 15.8. The number of allylic oxidation sites excluding steroid dienone is 8. The van der Waals surface area contributed by atoms with Crippen LogP contribution in [0.15, 0.2) is 90.5 Å². The van der Waals surface area contributed by atoms with Crippen molar-refractivity contribution in [1.29, 1.82) is 0 Å². The molecule has 1 heterocycles. The molecule has 0 saturated heterocycles. The van der Waals surface area contributed by atoms with E-state index in [1.807, 2.05) is 5.38 Å². The molecular formula is C26H32N2OS. The van der Waals surface area contributed by atoms with Crippen molar-refractivity contribution in [2.45, 2.75) is 51.4 Å². The van der Waals surface area contributed by atoms with E-state index in [0.29, 0.717) is 11.6 Å². The zero-order chi connectivity index (χ0) is 21.1. The molecule has 1 N–H and O–H groups in total. The van der Waals surface area contributed by atoms with Gasteiger partial charge in [-0.3, -0.25) is 4.79 Å². The van der Waals surface area contributed by atoms with Gasteiger partial charge in [-0.25, -0.2) is 4.98 Å². The summed E-state index contributed by atoms with van der Waals surface area (Å²) < 4.78 is 0. The molecule has 0 aliphatic heterocycles. The van der Waals surface area contributed by atoms with Crippen LogP contribution in [-0.2, 0) is 11.2 Å². The number of unbranched alkanes of at least 4 members (excludes halogenated alkanes) is 1. The van der Waals surface area contributed by atoms with E-state index >= 15 is 0 Å². The minimum absolute atomic E-state index is 0.0380. The standard InChI is InChI=1S/C26H32N2OS/c29-25(28-26-27-22-23-30-26)21-17-12-10-8-6-4-2-1-3-5-7-9-11-14-18-24-19-15-13-16-20-24/h2-5,8-11,13,15-16,19-20,22-23H,1,6-7,12,14,17-18,21H2,(H,27,28,29)/b4-2-,5-3-,10-8-,11-9-. The van der Waals surface area contributed by atoms with Gasteiger partial charge in [0.05, 0.1) is 0 Å². The zero-order valence-corrected chi connectivity index (χ0v) is 18.4. The van der Waals surface area contributed by atoms with Gasteiger partial charge in [0.15, 0.2) is 5.13 Å². The molecule has 0 bridgehead atoms. The highest BCUT2D eigenvalue weighted by Crippen LogP contribution is 2.11. The van der Waals surface area contributed by atoms with Gasteiger partial charge in [0.25, 0.3) is 0 Å². The molecule has 1 amide bonds. The topological polar surface area (TPSA) is 42.0 Å². The van der Waals surface area contributed by atoms with Gasteiger partial charge in [-0.1, -0.05) is 78.9 Å². The van der Waals surface area contributed by atoms with Gasteiger partial charge in [0.2, 0.25) is 5.91 Å². The van der Waals surface area contributed by atoms with Crippen molar-refractivity contribution in [2.75, 3.05) is 5.32 Å². The van der Waals surface area contributed by atoms with Gasteiger partial charge in [-0.15, -0.1) is 11.3 Å². The fraction of sp³-hybridized carbons (Fsp3) is 0.308. The van der Waals surface area contributed by atoms with E-state index in [0.717, 1.165) is 44.9 Å². The quantitative estimate of drug-likeness (QED) is 0.258. The number of anilines is 1. The molecule has 158 valence electrons. The third-order valence-corrected chi connectivity index (χ3v) is 5.07. The van der Waals surface area contributed by atoms with E-state index in [-0.39, 0.29) is 5.91 Å². The lowest BCUT2D eigenvalue weighted by Crippen LogP contribution is -2.10. The minimum Gasteiger partial charge on any atom is -0.302 e. The van der Waals surface area contributed by atoms with Crippen molar-refractivity contribution in [1.82, 2.24) is 4.98 Å². The Labute approximate surface area is 185 Å². The van der Waals surface area contributed by atoms with E-state index in [1.54, 1.807) is 6.20 Å². The predicted octanol–water partition coefficient (Wildman–Crippen LogP) is 7.28. The summed E-state index contributed by atoms with van der Waals surface area (Å²) >= 11 is 1.44. The number of hydrogen-bond acceptors (Lipinski definition) is 3. The molecule has 1 aromatic heterocycles. The number of aryl methyl sites for hydroxylation is 1. The summed E-state index contributed by atoms with van der Waals surface area (Å²) in [6, 6.07) is 10.6. The zero-order valence-electron chi connectivity index (χ0n) is 17.6. The highest BCUT2D eigenvalue weighted by atomic mass is 32.1. The van der Waals surface area contributed by atoms with Crippen molar-refractivity contribution in [3.63, 3.8) is 0 Å². The van der Waals surface area contributed by atoms with Gasteiger partial charge in [0, 0.05) is 18.0 Å². The highest BCUT2D eigenvalue weighted by Gasteiger charge is 2.02. The number of aromatic nitrogens is 1. The summed E-state index contributed by atoms with van der Waals surface area (Å²) in [5.41, 5.74) is 1.40. The third-order valence-electron chi connectivity index (χ3n) is 4.38. The Morgan fingerprint density at radius 3 is 2.13 bits per heavy atom. The predicted molar refractivity (Wildman–Crippen MR) is 130 cm³/mol. The van der Waals surface area contributed by atoms with Crippen LogP contribution in [0.4, 0.5) is 5.13 Å². The number of carbonyl (C=O) groups excluding carboxylic acids is 1. The van der Waals surface area contributed by atoms with Crippen molar-refractivity contribution < 1.29 is 4.79 Å². The van der Waals surface area contributed by atoms with Crippen molar-refractivity contribution >= 4 is 22.4 Å². The van der Waals surface area contributed by atoms with Crippen LogP contribution in [0.1, 0.15) is 50.5 Å². The van der Waals surface area contributed by atoms with Crippen LogP contribution in [0.25, 0.3) is 0 Å². The number of carbonyl (C=O) groups is 1. The lowest BCUT2D eigenvalue weighted by Gasteiger charge is -1.99. The highest BCUT2D eigenvalue weighted by molar-refractivity contribution is 7.13. The Morgan fingerprint density at radius 1 is 0.867 bits per heavy atom. The Kier molecular flexibility index (Phi) is 12.7. The molecule has 0 unspecified atom stereocenters. The molecular weight excluding hydrogens is 388 g/mol. The Bertz CT molecular complexity index is 805. The van der Waals surface area contributed by atoms with Crippen LogP contribution in [0, 0.1) is 0 Å². The first-order chi connectivity index (χ1) is 14.8. The number of hydrogen-bond donors (Lipinski definition) is 1. The van der Waals surface area contributed by atoms with Gasteiger partial charge in [0.1, 0.15) is 0 Å². The fourth-order valence-electron chi connectivity index (χ4n) is 2.79. The van der Waals surface area contributed by atoms with E-state index in [4.69, 9.17) is 0 Å². The monoisotopic (exact) mass is 420 g/mol. The molecule has 0 spiro atoms. The second kappa shape index (κ2) is 16.1. The largest absolute Gasteiger partial charge is 0.302 e. The van der Waals surface area contributed by atoms with Crippen LogP contribution >= 0.6 is 11.3 Å². The van der Waals surface area contributed by atoms with Gasteiger partial charge >= 0.3 is 0 Å². The number of rotatable bonds is 14. The van der Waals surface area contributed by atoms with Crippen molar-refractivity contribution in [3.8, 4) is 0 Å². The average Bonchev–Trinajstić information content (AvgIpc) is 3.27. The number of thiazole rings is 1. The summed E-state index contributed by atoms with van der Waals surface area (Å²) in [5, 5.41) is 5.33. The molecule has 0 radical (unpaired) electrons. The van der Waals surface area contributed by atoms with Crippen LogP contribution in [0.2, 0.25) is 0 Å². The molecule has 3 nitrogen and oxygen atoms in total. The number of nitrogens with one attached hydrogen (secondary N) is 1. The van der Waals surface area contributed by atoms with Crippen LogP contribution in [0.5, 0.6) is 0 Å². The molecule has 0 aliphatic rings. The molecule has 0 saturated carbocycles. The molecule has 4 heteroatoms. The third kappa shape index (κ3) is 12.0. The number of amides is 1. The smallest absolute Gasteiger partial charge is 0.226 e. The Hall–Kier alpha value is -2.72. The summed E-state index contributed by atoms with van der Waals surface area (Å²) in [6.45, 7) is 0. The second-order valence-electron chi connectivity index (χ2n) is 6.89. The number of nitrogens with zero attached hydrogens (tertiary/aromatic N) is 1. The molecule has 1 aromatic carbocycles. The maximum absolute atomic E-state index is 11.7. The second-order valence-corrected chi connectivity index (χ2v) is 7.79. The van der Waals surface area contributed by atoms with Gasteiger partial charge < -0.3 is 5.32 Å². The number of benzene rings is 1. The normalized spacial score (nSPS) is 12.0. The Balaban J connectivity index is 1.40. The average molecular weight is 421 g/mol. The molecule has 0 atom stereocenters. The van der Waals surface area contributed by atoms with E-state index in [1.165, 1.54) is 16.9 Å². The first-order valence-electron chi connectivity index (χ1n) is 10.7. The molecule has 0 fully saturated rings. The first kappa shape index (κ1) is 23.6. The lowest BCUT2D eigenvalue weighted by molar-refractivity contribution is -0.116. The van der Waals surface area contributed by atoms with Gasteiger partial charge in [-0.2, -0.15) is 0 Å². The molecule has 0 aliphatic carbocycles. The van der Waals surface area contributed by atoms with E-state index < -0.39 is 0 Å². The maximum Gasteiger partial charge on any atom is 0.226 e. The van der Waals surface area contributed by atoms with Crippen molar-refractivity contribution in [2.24, 2.45) is 0 Å². The summed E-state index contributed by atoms with van der Waals surface area (Å²) in [5.74, 6) is 0.0380. The summed E-state index contributed by atoms with van der Waals surface area (Å²) in [6.07, 6.45) is 26.8. The van der Waals surface area contributed by atoms with E-state index in [9.17, 15) is 4.79 Å². The lowest BCUT2D eigenvalue weighted by atomic mass is 10.1. The summed E-state index contributed by atoms with van der Waals surface area (Å²) in [7, 11) is 0. The molecule has 2 rings (SSSR count).